The number of hydrogen-bond donors (Lipinski definition) is 1. The van der Waals surface area contributed by atoms with Crippen LogP contribution in [0.15, 0.2) is 54.6 Å². The fourth-order valence-electron chi connectivity index (χ4n) is 2.90. The zero-order valence-corrected chi connectivity index (χ0v) is 15.9. The Bertz CT molecular complexity index is 851. The van der Waals surface area contributed by atoms with Gasteiger partial charge >= 0.3 is 0 Å². The Kier molecular flexibility index (Phi) is 6.63. The number of anilines is 1. The summed E-state index contributed by atoms with van der Waals surface area (Å²) >= 11 is 0. The van der Waals surface area contributed by atoms with E-state index in [0.717, 1.165) is 5.56 Å². The lowest BCUT2D eigenvalue weighted by Crippen LogP contribution is -2.50. The van der Waals surface area contributed by atoms with Crippen LogP contribution in [0, 0.1) is 0 Å². The SMILES string of the molecule is Cl.Nc1cccc(C(=O)N2CCN(S(=O)(=O)Cc3ccccc3)CC2)c1. The summed E-state index contributed by atoms with van der Waals surface area (Å²) in [7, 11) is -3.38. The first-order valence-corrected chi connectivity index (χ1v) is 9.73. The second-order valence-corrected chi connectivity index (χ2v) is 8.03. The molecular formula is C18H22ClN3O3S. The lowest BCUT2D eigenvalue weighted by atomic mass is 10.1. The number of halogens is 1. The average molecular weight is 396 g/mol. The summed E-state index contributed by atoms with van der Waals surface area (Å²) in [6.45, 7) is 1.37. The second kappa shape index (κ2) is 8.53. The zero-order chi connectivity index (χ0) is 17.9. The molecule has 1 aliphatic heterocycles. The number of rotatable bonds is 4. The molecule has 1 amide bonds. The quantitative estimate of drug-likeness (QED) is 0.802. The highest BCUT2D eigenvalue weighted by Gasteiger charge is 2.29. The molecule has 3 rings (SSSR count). The van der Waals surface area contributed by atoms with Crippen molar-refractivity contribution in [3.63, 3.8) is 0 Å². The number of carbonyl (C=O) groups is 1. The van der Waals surface area contributed by atoms with E-state index in [0.29, 0.717) is 37.4 Å². The first-order chi connectivity index (χ1) is 12.0. The zero-order valence-electron chi connectivity index (χ0n) is 14.2. The number of sulfonamides is 1. The summed E-state index contributed by atoms with van der Waals surface area (Å²) in [4.78, 5) is 14.2. The molecule has 0 saturated carbocycles. The molecule has 140 valence electrons. The van der Waals surface area contributed by atoms with E-state index in [4.69, 9.17) is 5.73 Å². The molecule has 2 N–H and O–H groups in total. The van der Waals surface area contributed by atoms with Crippen LogP contribution in [-0.4, -0.2) is 49.7 Å². The van der Waals surface area contributed by atoms with Gasteiger partial charge in [-0.2, -0.15) is 4.31 Å². The van der Waals surface area contributed by atoms with Gasteiger partial charge < -0.3 is 10.6 Å². The molecule has 1 saturated heterocycles. The van der Waals surface area contributed by atoms with Crippen LogP contribution in [0.3, 0.4) is 0 Å². The van der Waals surface area contributed by atoms with E-state index in [1.165, 1.54) is 4.31 Å². The highest BCUT2D eigenvalue weighted by atomic mass is 35.5. The van der Waals surface area contributed by atoms with E-state index < -0.39 is 10.0 Å². The molecule has 0 radical (unpaired) electrons. The van der Waals surface area contributed by atoms with Crippen LogP contribution in [0.2, 0.25) is 0 Å². The minimum absolute atomic E-state index is 0. The molecule has 2 aromatic rings. The van der Waals surface area contributed by atoms with Gasteiger partial charge in [-0.1, -0.05) is 36.4 Å². The number of nitrogens with zero attached hydrogens (tertiary/aromatic N) is 2. The number of hydrogen-bond acceptors (Lipinski definition) is 4. The fourth-order valence-corrected chi connectivity index (χ4v) is 4.42. The standard InChI is InChI=1S/C18H21N3O3S.ClH/c19-17-8-4-7-16(13-17)18(22)20-9-11-21(12-10-20)25(23,24)14-15-5-2-1-3-6-15;/h1-8,13H,9-12,14,19H2;1H. The third kappa shape index (κ3) is 4.75. The van der Waals surface area contributed by atoms with Gasteiger partial charge in [0.15, 0.2) is 0 Å². The summed E-state index contributed by atoms with van der Waals surface area (Å²) in [6, 6.07) is 15.9. The maximum Gasteiger partial charge on any atom is 0.254 e. The Morgan fingerprint density at radius 3 is 2.23 bits per heavy atom. The highest BCUT2D eigenvalue weighted by Crippen LogP contribution is 2.16. The van der Waals surface area contributed by atoms with Gasteiger partial charge in [-0.3, -0.25) is 4.79 Å². The molecule has 26 heavy (non-hydrogen) atoms. The van der Waals surface area contributed by atoms with Gasteiger partial charge in [-0.15, -0.1) is 12.4 Å². The molecule has 6 nitrogen and oxygen atoms in total. The number of carbonyl (C=O) groups excluding carboxylic acids is 1. The third-order valence-electron chi connectivity index (χ3n) is 4.24. The fraction of sp³-hybridized carbons (Fsp3) is 0.278. The molecule has 0 atom stereocenters. The third-order valence-corrected chi connectivity index (χ3v) is 6.09. The highest BCUT2D eigenvalue weighted by molar-refractivity contribution is 7.88. The predicted octanol–water partition coefficient (Wildman–Crippen LogP) is 1.98. The topological polar surface area (TPSA) is 83.7 Å². The molecule has 0 aliphatic carbocycles. The molecular weight excluding hydrogens is 374 g/mol. The van der Waals surface area contributed by atoms with Crippen LogP contribution in [-0.2, 0) is 15.8 Å². The summed E-state index contributed by atoms with van der Waals surface area (Å²) < 4.78 is 26.6. The van der Waals surface area contributed by atoms with Gasteiger partial charge in [-0.05, 0) is 23.8 Å². The van der Waals surface area contributed by atoms with Gasteiger partial charge in [0.05, 0.1) is 5.75 Å². The minimum atomic E-state index is -3.38. The van der Waals surface area contributed by atoms with Gasteiger partial charge in [0.25, 0.3) is 5.91 Å². The first kappa shape index (κ1) is 20.2. The van der Waals surface area contributed by atoms with Crippen LogP contribution in [0.1, 0.15) is 15.9 Å². The van der Waals surface area contributed by atoms with E-state index in [1.54, 1.807) is 41.3 Å². The van der Waals surface area contributed by atoms with Gasteiger partial charge in [-0.25, -0.2) is 8.42 Å². The van der Waals surface area contributed by atoms with E-state index in [1.807, 2.05) is 18.2 Å². The van der Waals surface area contributed by atoms with Crippen LogP contribution >= 0.6 is 12.4 Å². The van der Waals surface area contributed by atoms with Gasteiger partial charge in [0, 0.05) is 37.4 Å². The van der Waals surface area contributed by atoms with Crippen molar-refractivity contribution >= 4 is 34.0 Å². The number of nitrogens with two attached hydrogens (primary N) is 1. The Morgan fingerprint density at radius 1 is 0.962 bits per heavy atom. The lowest BCUT2D eigenvalue weighted by Gasteiger charge is -2.34. The summed E-state index contributed by atoms with van der Waals surface area (Å²) in [6.07, 6.45) is 0. The number of piperazine rings is 1. The molecule has 2 aromatic carbocycles. The summed E-state index contributed by atoms with van der Waals surface area (Å²) in [5, 5.41) is 0. The lowest BCUT2D eigenvalue weighted by molar-refractivity contribution is 0.0698. The van der Waals surface area contributed by atoms with Crippen LogP contribution in [0.25, 0.3) is 0 Å². The monoisotopic (exact) mass is 395 g/mol. The largest absolute Gasteiger partial charge is 0.399 e. The van der Waals surface area contributed by atoms with Crippen molar-refractivity contribution in [3.05, 3.63) is 65.7 Å². The smallest absolute Gasteiger partial charge is 0.254 e. The number of amides is 1. The normalized spacial score (nSPS) is 15.3. The van der Waals surface area contributed by atoms with Gasteiger partial charge in [0.2, 0.25) is 10.0 Å². The van der Waals surface area contributed by atoms with Gasteiger partial charge in [0.1, 0.15) is 0 Å². The molecule has 8 heteroatoms. The molecule has 1 heterocycles. The molecule has 0 spiro atoms. The molecule has 1 aliphatic rings. The summed E-state index contributed by atoms with van der Waals surface area (Å²) in [5.41, 5.74) is 7.55. The number of nitrogen functional groups attached to an aromatic ring is 1. The van der Waals surface area contributed by atoms with Crippen LogP contribution in [0.5, 0.6) is 0 Å². The van der Waals surface area contributed by atoms with Crippen molar-refractivity contribution in [2.75, 3.05) is 31.9 Å². The van der Waals surface area contributed by atoms with Crippen LogP contribution < -0.4 is 5.73 Å². The van der Waals surface area contributed by atoms with E-state index >= 15 is 0 Å². The first-order valence-electron chi connectivity index (χ1n) is 8.12. The molecule has 0 unspecified atom stereocenters. The van der Waals surface area contributed by atoms with Crippen molar-refractivity contribution in [1.29, 1.82) is 0 Å². The molecule has 1 fully saturated rings. The van der Waals surface area contributed by atoms with E-state index in [-0.39, 0.29) is 24.1 Å². The Morgan fingerprint density at radius 2 is 1.62 bits per heavy atom. The van der Waals surface area contributed by atoms with Crippen LogP contribution in [0.4, 0.5) is 5.69 Å². The van der Waals surface area contributed by atoms with Crippen molar-refractivity contribution < 1.29 is 13.2 Å². The Balaban J connectivity index is 0.00000243. The average Bonchev–Trinajstić information content (AvgIpc) is 2.62. The summed E-state index contributed by atoms with van der Waals surface area (Å²) in [5.74, 6) is -0.135. The van der Waals surface area contributed by atoms with Crippen molar-refractivity contribution in [2.24, 2.45) is 0 Å². The predicted molar refractivity (Wildman–Crippen MR) is 105 cm³/mol. The van der Waals surface area contributed by atoms with Crippen molar-refractivity contribution in [2.45, 2.75) is 5.75 Å². The van der Waals surface area contributed by atoms with Crippen molar-refractivity contribution in [1.82, 2.24) is 9.21 Å². The second-order valence-electron chi connectivity index (χ2n) is 6.06. The number of benzene rings is 2. The minimum Gasteiger partial charge on any atom is -0.399 e. The molecule has 0 aromatic heterocycles. The Hall–Kier alpha value is -2.09. The Labute approximate surface area is 160 Å². The maximum absolute atomic E-state index is 12.6. The maximum atomic E-state index is 12.6. The van der Waals surface area contributed by atoms with E-state index in [9.17, 15) is 13.2 Å². The molecule has 0 bridgehead atoms. The van der Waals surface area contributed by atoms with Crippen molar-refractivity contribution in [3.8, 4) is 0 Å². The van der Waals surface area contributed by atoms with E-state index in [2.05, 4.69) is 0 Å².